The van der Waals surface area contributed by atoms with E-state index in [-0.39, 0.29) is 28.5 Å². The van der Waals surface area contributed by atoms with Gasteiger partial charge in [0.05, 0.1) is 11.2 Å². The van der Waals surface area contributed by atoms with Crippen LogP contribution in [0, 0.1) is 6.92 Å². The molecule has 4 heterocycles. The number of aryl methyl sites for hydroxylation is 1. The molecule has 0 saturated heterocycles. The lowest BCUT2D eigenvalue weighted by molar-refractivity contribution is 0.195. The van der Waals surface area contributed by atoms with E-state index in [1.807, 2.05) is 0 Å². The van der Waals surface area contributed by atoms with Crippen LogP contribution in [0.25, 0.3) is 21.9 Å². The molecule has 2 unspecified atom stereocenters. The number of nitrogens with zero attached hydrogens (tertiary/aromatic N) is 3. The molecular weight excluding hydrogens is 777 g/mol. The van der Waals surface area contributed by atoms with Gasteiger partial charge in [0.25, 0.3) is 6.71 Å². The highest BCUT2D eigenvalue weighted by Gasteiger charge is 2.61. The lowest BCUT2D eigenvalue weighted by Gasteiger charge is -2.53. The van der Waals surface area contributed by atoms with Crippen molar-refractivity contribution in [1.29, 1.82) is 0 Å². The van der Waals surface area contributed by atoms with Gasteiger partial charge >= 0.3 is 0 Å². The van der Waals surface area contributed by atoms with Gasteiger partial charge in [-0.05, 0) is 137 Å². The minimum absolute atomic E-state index is 0.0152. The Kier molecular flexibility index (Phi) is 8.26. The summed E-state index contributed by atoms with van der Waals surface area (Å²) in [5.41, 5.74) is 21.2. The van der Waals surface area contributed by atoms with Gasteiger partial charge in [-0.25, -0.2) is 0 Å². The Labute approximate surface area is 379 Å². The lowest BCUT2D eigenvalue weighted by atomic mass is 9.33. The summed E-state index contributed by atoms with van der Waals surface area (Å²) in [5, 5.41) is 2.30. The SMILES string of the molecule is Cc1cc(C(C)(C)C)ccc1N1c2cc3c(cc2B2c4cc(C(C)(C)C)cc5c4N(c4cc(N(c6ccccc6)c6ccccc6)cc1c42)C1(C)CCCCC51C)oc1ccccc13. The van der Waals surface area contributed by atoms with Crippen LogP contribution < -0.4 is 31.1 Å². The molecule has 7 aromatic carbocycles. The number of hydrogen-bond acceptors (Lipinski definition) is 4. The van der Waals surface area contributed by atoms with E-state index in [0.717, 1.165) is 45.4 Å². The first-order chi connectivity index (χ1) is 30.7. The summed E-state index contributed by atoms with van der Waals surface area (Å²) in [5.74, 6) is 0. The molecule has 0 N–H and O–H groups in total. The topological polar surface area (TPSA) is 22.9 Å². The molecule has 1 fully saturated rings. The minimum Gasteiger partial charge on any atom is -0.456 e. The van der Waals surface area contributed by atoms with Crippen LogP contribution in [0.1, 0.15) is 103 Å². The molecule has 8 aromatic rings. The Hall–Kier alpha value is -6.20. The molecule has 0 radical (unpaired) electrons. The molecule has 318 valence electrons. The second-order valence-corrected chi connectivity index (χ2v) is 21.8. The summed E-state index contributed by atoms with van der Waals surface area (Å²) in [6.45, 7) is 21.6. The number of benzene rings is 7. The second-order valence-electron chi connectivity index (χ2n) is 21.8. The number of rotatable bonds is 4. The predicted octanol–water partition coefficient (Wildman–Crippen LogP) is 14.3. The van der Waals surface area contributed by atoms with Crippen molar-refractivity contribution in [1.82, 2.24) is 0 Å². The van der Waals surface area contributed by atoms with Gasteiger partial charge in [0.15, 0.2) is 0 Å². The summed E-state index contributed by atoms with van der Waals surface area (Å²) in [6, 6.07) is 52.8. The van der Waals surface area contributed by atoms with Crippen LogP contribution in [0.5, 0.6) is 0 Å². The Bertz CT molecular complexity index is 3170. The van der Waals surface area contributed by atoms with Crippen LogP contribution in [0.4, 0.5) is 45.5 Å². The summed E-state index contributed by atoms with van der Waals surface area (Å²) in [7, 11) is 0. The number of anilines is 8. The maximum atomic E-state index is 6.81. The molecule has 64 heavy (non-hydrogen) atoms. The highest BCUT2D eigenvalue weighted by molar-refractivity contribution is 7.00. The lowest BCUT2D eigenvalue weighted by Crippen LogP contribution is -2.64. The van der Waals surface area contributed by atoms with Crippen LogP contribution in [0.15, 0.2) is 144 Å². The predicted molar refractivity (Wildman–Crippen MR) is 273 cm³/mol. The smallest absolute Gasteiger partial charge is 0.252 e. The molecule has 0 amide bonds. The van der Waals surface area contributed by atoms with E-state index in [2.05, 4.69) is 217 Å². The summed E-state index contributed by atoms with van der Waals surface area (Å²) in [6.07, 6.45) is 4.78. The summed E-state index contributed by atoms with van der Waals surface area (Å²) in [4.78, 5) is 7.97. The maximum Gasteiger partial charge on any atom is 0.252 e. The van der Waals surface area contributed by atoms with Gasteiger partial charge in [-0.2, -0.15) is 0 Å². The monoisotopic (exact) mass is 835 g/mol. The van der Waals surface area contributed by atoms with E-state index in [4.69, 9.17) is 4.42 Å². The van der Waals surface area contributed by atoms with Crippen molar-refractivity contribution in [3.8, 4) is 0 Å². The fourth-order valence-corrected chi connectivity index (χ4v) is 12.3. The highest BCUT2D eigenvalue weighted by Crippen LogP contribution is 2.63. The van der Waals surface area contributed by atoms with Gasteiger partial charge in [-0.3, -0.25) is 0 Å². The molecule has 4 aliphatic rings. The van der Waals surface area contributed by atoms with E-state index in [9.17, 15) is 0 Å². The molecule has 5 heteroatoms. The molecule has 4 nitrogen and oxygen atoms in total. The van der Waals surface area contributed by atoms with E-state index < -0.39 is 0 Å². The Morgan fingerprint density at radius 1 is 0.562 bits per heavy atom. The van der Waals surface area contributed by atoms with Crippen molar-refractivity contribution in [2.45, 2.75) is 110 Å². The average Bonchev–Trinajstić information content (AvgIpc) is 3.74. The molecule has 1 aliphatic carbocycles. The second kappa shape index (κ2) is 13.4. The van der Waals surface area contributed by atoms with Crippen molar-refractivity contribution in [2.24, 2.45) is 0 Å². The molecule has 2 atom stereocenters. The van der Waals surface area contributed by atoms with Crippen LogP contribution in [0.2, 0.25) is 0 Å². The molecule has 1 aromatic heterocycles. The summed E-state index contributed by atoms with van der Waals surface area (Å²) >= 11 is 0. The summed E-state index contributed by atoms with van der Waals surface area (Å²) < 4.78 is 6.81. The number of fused-ring (bicyclic) bond motifs is 10. The Morgan fingerprint density at radius 2 is 1.22 bits per heavy atom. The first-order valence-electron chi connectivity index (χ1n) is 23.6. The van der Waals surface area contributed by atoms with Crippen LogP contribution in [0.3, 0.4) is 0 Å². The molecular formula is C59H58BN3O. The van der Waals surface area contributed by atoms with Crippen molar-refractivity contribution in [3.63, 3.8) is 0 Å². The fourth-order valence-electron chi connectivity index (χ4n) is 12.3. The van der Waals surface area contributed by atoms with Crippen molar-refractivity contribution >= 4 is 90.5 Å². The van der Waals surface area contributed by atoms with Gasteiger partial charge < -0.3 is 19.1 Å². The highest BCUT2D eigenvalue weighted by atomic mass is 16.3. The molecule has 3 aliphatic heterocycles. The largest absolute Gasteiger partial charge is 0.456 e. The van der Waals surface area contributed by atoms with Crippen molar-refractivity contribution in [3.05, 3.63) is 162 Å². The zero-order valence-electron chi connectivity index (χ0n) is 38.9. The normalized spacial score (nSPS) is 19.7. The third kappa shape index (κ3) is 5.42. The van der Waals surface area contributed by atoms with Crippen LogP contribution in [-0.2, 0) is 16.2 Å². The van der Waals surface area contributed by atoms with Gasteiger partial charge in [0.1, 0.15) is 11.2 Å². The van der Waals surface area contributed by atoms with Crippen LogP contribution >= 0.6 is 0 Å². The first-order valence-corrected chi connectivity index (χ1v) is 23.6. The van der Waals surface area contributed by atoms with Gasteiger partial charge in [-0.1, -0.05) is 140 Å². The zero-order chi connectivity index (χ0) is 44.1. The van der Waals surface area contributed by atoms with Gasteiger partial charge in [0, 0.05) is 56.0 Å². The molecule has 0 bridgehead atoms. The maximum absolute atomic E-state index is 6.81. The standard InChI is InChI=1S/C59H58BN3O/c1-37-30-38(56(2,3)4)26-27-48(37)62-49-35-44-43-24-16-17-25-52(43)64-53(44)36-46(49)60-47-32-39(57(5,6)7)31-45-55(47)63(59(9)29-19-18-28-58(45,59)8)51-34-42(33-50(62)54(51)60)61(40-20-12-10-13-21-40)41-22-14-11-15-23-41/h10-17,20-27,30-36H,18-19,28-29H2,1-9H3. The van der Waals surface area contributed by atoms with E-state index >= 15 is 0 Å². The Morgan fingerprint density at radius 3 is 1.91 bits per heavy atom. The molecule has 1 saturated carbocycles. The number of furan rings is 1. The van der Waals surface area contributed by atoms with Crippen molar-refractivity contribution in [2.75, 3.05) is 14.7 Å². The number of hydrogen-bond donors (Lipinski definition) is 0. The third-order valence-corrected chi connectivity index (χ3v) is 16.0. The van der Waals surface area contributed by atoms with E-state index in [1.54, 1.807) is 0 Å². The first kappa shape index (κ1) is 39.4. The molecule has 12 rings (SSSR count). The van der Waals surface area contributed by atoms with Crippen LogP contribution in [-0.4, -0.2) is 12.3 Å². The average molecular weight is 836 g/mol. The van der Waals surface area contributed by atoms with Gasteiger partial charge in [0.2, 0.25) is 0 Å². The van der Waals surface area contributed by atoms with E-state index in [0.29, 0.717) is 0 Å². The van der Waals surface area contributed by atoms with E-state index in [1.165, 1.54) is 86.3 Å². The minimum atomic E-state index is -0.126. The third-order valence-electron chi connectivity index (χ3n) is 16.0. The van der Waals surface area contributed by atoms with Gasteiger partial charge in [-0.15, -0.1) is 0 Å². The quantitative estimate of drug-likeness (QED) is 0.165. The molecule has 0 spiro atoms. The van der Waals surface area contributed by atoms with Crippen molar-refractivity contribution < 1.29 is 4.42 Å². The fraction of sp³-hybridized carbons (Fsp3) is 0.288. The Balaban J connectivity index is 1.26. The number of para-hydroxylation sites is 3. The zero-order valence-corrected chi connectivity index (χ0v) is 38.9.